The van der Waals surface area contributed by atoms with Gasteiger partial charge in [-0.25, -0.2) is 0 Å². The zero-order valence-corrected chi connectivity index (χ0v) is 8.59. The first-order valence-corrected chi connectivity index (χ1v) is 4.79. The van der Waals surface area contributed by atoms with E-state index in [4.69, 9.17) is 0 Å². The quantitative estimate of drug-likeness (QED) is 0.692. The summed E-state index contributed by atoms with van der Waals surface area (Å²) in [6.45, 7) is 3.93. The Morgan fingerprint density at radius 2 is 2.08 bits per heavy atom. The van der Waals surface area contributed by atoms with Gasteiger partial charge in [-0.2, -0.15) is 5.10 Å². The molecule has 0 unspecified atom stereocenters. The highest BCUT2D eigenvalue weighted by Crippen LogP contribution is 2.24. The van der Waals surface area contributed by atoms with E-state index in [1.54, 1.807) is 16.0 Å². The number of aryl methyl sites for hydroxylation is 3. The van der Waals surface area contributed by atoms with Crippen LogP contribution < -0.4 is 0 Å². The first-order chi connectivity index (χ1) is 6.16. The van der Waals surface area contributed by atoms with Gasteiger partial charge in [-0.05, 0) is 13.8 Å². The smallest absolute Gasteiger partial charge is 0.151 e. The maximum atomic E-state index is 4.25. The van der Waals surface area contributed by atoms with Crippen molar-refractivity contribution in [2.75, 3.05) is 0 Å². The molecule has 0 radical (unpaired) electrons. The number of rotatable bonds is 1. The molecule has 2 heterocycles. The normalized spacial score (nSPS) is 10.7. The van der Waals surface area contributed by atoms with E-state index in [0.29, 0.717) is 0 Å². The number of hydrogen-bond donors (Lipinski definition) is 0. The molecule has 0 saturated heterocycles. The van der Waals surface area contributed by atoms with Crippen LogP contribution in [0.15, 0.2) is 6.20 Å². The van der Waals surface area contributed by atoms with Crippen LogP contribution in [-0.2, 0) is 7.05 Å². The van der Waals surface area contributed by atoms with Crippen LogP contribution >= 0.6 is 11.3 Å². The van der Waals surface area contributed by atoms with E-state index in [-0.39, 0.29) is 0 Å². The van der Waals surface area contributed by atoms with E-state index in [2.05, 4.69) is 15.3 Å². The molecule has 2 aromatic rings. The Balaban J connectivity index is 2.51. The lowest BCUT2D eigenvalue weighted by atomic mass is 10.3. The first-order valence-electron chi connectivity index (χ1n) is 3.97. The van der Waals surface area contributed by atoms with Crippen LogP contribution in [0.4, 0.5) is 0 Å². The third-order valence-electron chi connectivity index (χ3n) is 1.77. The van der Waals surface area contributed by atoms with Crippen molar-refractivity contribution in [1.82, 2.24) is 20.0 Å². The summed E-state index contributed by atoms with van der Waals surface area (Å²) in [5.41, 5.74) is 2.08. The highest BCUT2D eigenvalue weighted by molar-refractivity contribution is 7.14. The van der Waals surface area contributed by atoms with Gasteiger partial charge in [0.05, 0.1) is 11.3 Å². The molecule has 0 aliphatic heterocycles. The summed E-state index contributed by atoms with van der Waals surface area (Å²) in [7, 11) is 1.91. The van der Waals surface area contributed by atoms with Crippen LogP contribution in [0.2, 0.25) is 0 Å². The van der Waals surface area contributed by atoms with Crippen molar-refractivity contribution in [3.05, 3.63) is 16.9 Å². The van der Waals surface area contributed by atoms with Gasteiger partial charge in [0.1, 0.15) is 5.01 Å². The third kappa shape index (κ3) is 1.47. The molecule has 0 atom stereocenters. The second-order valence-corrected chi connectivity index (χ2v) is 4.11. The Labute approximate surface area is 80.2 Å². The summed E-state index contributed by atoms with van der Waals surface area (Å²) >= 11 is 1.59. The van der Waals surface area contributed by atoms with Gasteiger partial charge in [0, 0.05) is 13.2 Å². The lowest BCUT2D eigenvalue weighted by Gasteiger charge is -1.87. The SMILES string of the molecule is Cc1nnc(-c2cn(C)nc2C)s1. The zero-order chi connectivity index (χ0) is 9.42. The molecule has 0 spiro atoms. The van der Waals surface area contributed by atoms with Crippen LogP contribution in [-0.4, -0.2) is 20.0 Å². The van der Waals surface area contributed by atoms with Gasteiger partial charge in [0.2, 0.25) is 0 Å². The zero-order valence-electron chi connectivity index (χ0n) is 7.77. The molecule has 0 N–H and O–H groups in total. The monoisotopic (exact) mass is 194 g/mol. The molecule has 2 aromatic heterocycles. The average molecular weight is 194 g/mol. The van der Waals surface area contributed by atoms with Crippen molar-refractivity contribution in [3.8, 4) is 10.6 Å². The highest BCUT2D eigenvalue weighted by Gasteiger charge is 2.09. The third-order valence-corrected chi connectivity index (χ3v) is 2.64. The van der Waals surface area contributed by atoms with E-state index in [9.17, 15) is 0 Å². The highest BCUT2D eigenvalue weighted by atomic mass is 32.1. The molecule has 4 nitrogen and oxygen atoms in total. The van der Waals surface area contributed by atoms with Gasteiger partial charge in [-0.1, -0.05) is 11.3 Å². The van der Waals surface area contributed by atoms with Gasteiger partial charge in [-0.3, -0.25) is 4.68 Å². The minimum Gasteiger partial charge on any atom is -0.275 e. The topological polar surface area (TPSA) is 43.6 Å². The van der Waals surface area contributed by atoms with Crippen molar-refractivity contribution >= 4 is 11.3 Å². The molecule has 0 amide bonds. The molecule has 0 saturated carbocycles. The summed E-state index contributed by atoms with van der Waals surface area (Å²) < 4.78 is 1.79. The Bertz CT molecular complexity index is 429. The predicted molar refractivity (Wildman–Crippen MR) is 51.6 cm³/mol. The van der Waals surface area contributed by atoms with Crippen molar-refractivity contribution in [2.24, 2.45) is 7.05 Å². The van der Waals surface area contributed by atoms with Crippen LogP contribution in [0.3, 0.4) is 0 Å². The maximum absolute atomic E-state index is 4.25. The second kappa shape index (κ2) is 2.92. The van der Waals surface area contributed by atoms with Gasteiger partial charge >= 0.3 is 0 Å². The number of aromatic nitrogens is 4. The minimum absolute atomic E-state index is 0.947. The van der Waals surface area contributed by atoms with Crippen LogP contribution in [0.5, 0.6) is 0 Å². The fourth-order valence-corrected chi connectivity index (χ4v) is 1.97. The van der Waals surface area contributed by atoms with Gasteiger partial charge in [0.15, 0.2) is 5.01 Å². The fraction of sp³-hybridized carbons (Fsp3) is 0.375. The molecule has 0 bridgehead atoms. The molecular formula is C8H10N4S. The Morgan fingerprint density at radius 3 is 2.54 bits per heavy atom. The molecule has 0 fully saturated rings. The molecule has 5 heteroatoms. The summed E-state index contributed by atoms with van der Waals surface area (Å²) in [6, 6.07) is 0. The van der Waals surface area contributed by atoms with Crippen molar-refractivity contribution in [1.29, 1.82) is 0 Å². The Hall–Kier alpha value is -1.23. The first kappa shape index (κ1) is 8.37. The Morgan fingerprint density at radius 1 is 1.31 bits per heavy atom. The van der Waals surface area contributed by atoms with Crippen molar-refractivity contribution < 1.29 is 0 Å². The predicted octanol–water partition coefficient (Wildman–Crippen LogP) is 1.56. The summed E-state index contributed by atoms with van der Waals surface area (Å²) in [5, 5.41) is 14.2. The summed E-state index contributed by atoms with van der Waals surface area (Å²) in [5.74, 6) is 0. The van der Waals surface area contributed by atoms with Crippen LogP contribution in [0, 0.1) is 13.8 Å². The maximum Gasteiger partial charge on any atom is 0.151 e. The van der Waals surface area contributed by atoms with E-state index in [1.165, 1.54) is 0 Å². The van der Waals surface area contributed by atoms with Crippen LogP contribution in [0.1, 0.15) is 10.7 Å². The molecule has 13 heavy (non-hydrogen) atoms. The van der Waals surface area contributed by atoms with E-state index >= 15 is 0 Å². The number of hydrogen-bond acceptors (Lipinski definition) is 4. The fourth-order valence-electron chi connectivity index (χ4n) is 1.21. The lowest BCUT2D eigenvalue weighted by molar-refractivity contribution is 0.756. The Kier molecular flexibility index (Phi) is 1.88. The van der Waals surface area contributed by atoms with E-state index < -0.39 is 0 Å². The van der Waals surface area contributed by atoms with Gasteiger partial charge in [0.25, 0.3) is 0 Å². The van der Waals surface area contributed by atoms with Crippen LogP contribution in [0.25, 0.3) is 10.6 Å². The molecule has 0 aliphatic rings. The molecule has 0 aliphatic carbocycles. The van der Waals surface area contributed by atoms with Crippen molar-refractivity contribution in [2.45, 2.75) is 13.8 Å². The summed E-state index contributed by atoms with van der Waals surface area (Å²) in [4.78, 5) is 0. The lowest BCUT2D eigenvalue weighted by Crippen LogP contribution is -1.86. The molecule has 0 aromatic carbocycles. The van der Waals surface area contributed by atoms with Crippen molar-refractivity contribution in [3.63, 3.8) is 0 Å². The standard InChI is InChI=1S/C8H10N4S/c1-5-7(4-12(3)11-5)8-10-9-6(2)13-8/h4H,1-3H3. The largest absolute Gasteiger partial charge is 0.275 e. The number of nitrogens with zero attached hydrogens (tertiary/aromatic N) is 4. The van der Waals surface area contributed by atoms with E-state index in [0.717, 1.165) is 21.3 Å². The molecular weight excluding hydrogens is 184 g/mol. The van der Waals surface area contributed by atoms with E-state index in [1.807, 2.05) is 27.1 Å². The van der Waals surface area contributed by atoms with Gasteiger partial charge < -0.3 is 0 Å². The summed E-state index contributed by atoms with van der Waals surface area (Å²) in [6.07, 6.45) is 1.97. The molecule has 2 rings (SSSR count). The van der Waals surface area contributed by atoms with Gasteiger partial charge in [-0.15, -0.1) is 10.2 Å². The minimum atomic E-state index is 0.947. The average Bonchev–Trinajstić information content (AvgIpc) is 2.58. The molecule has 68 valence electrons. The second-order valence-electron chi connectivity index (χ2n) is 2.93.